The third kappa shape index (κ3) is 4.05. The van der Waals surface area contributed by atoms with Crippen molar-refractivity contribution in [2.24, 2.45) is 5.73 Å². The van der Waals surface area contributed by atoms with Gasteiger partial charge in [0.05, 0.1) is 0 Å². The summed E-state index contributed by atoms with van der Waals surface area (Å²) in [5.74, 6) is -0.321. The molecule has 0 saturated carbocycles. The molecule has 0 aliphatic carbocycles. The van der Waals surface area contributed by atoms with Crippen LogP contribution in [0.1, 0.15) is 36.5 Å². The smallest absolute Gasteiger partial charge is 0.251 e. The van der Waals surface area contributed by atoms with Crippen molar-refractivity contribution in [3.63, 3.8) is 0 Å². The average Bonchev–Trinajstić information content (AvgIpc) is 2.54. The molecule has 1 aliphatic heterocycles. The Morgan fingerprint density at radius 3 is 2.45 bits per heavy atom. The van der Waals surface area contributed by atoms with Crippen molar-refractivity contribution in [3.8, 4) is 0 Å². The lowest BCUT2D eigenvalue weighted by atomic mass is 9.90. The number of anilines is 1. The summed E-state index contributed by atoms with van der Waals surface area (Å²) in [6.07, 6.45) is 1.91. The maximum absolute atomic E-state index is 12.3. The Morgan fingerprint density at radius 1 is 1.23 bits per heavy atom. The molecule has 0 bridgehead atoms. The lowest BCUT2D eigenvalue weighted by Gasteiger charge is -2.31. The number of hydrogen-bond acceptors (Lipinski definition) is 4. The minimum atomic E-state index is -0.880. The number of carbonyl (C=O) groups is 2. The van der Waals surface area contributed by atoms with Gasteiger partial charge in [0.25, 0.3) is 5.91 Å². The molecule has 0 spiro atoms. The highest BCUT2D eigenvalue weighted by Crippen LogP contribution is 2.20. The van der Waals surface area contributed by atoms with E-state index in [1.165, 1.54) is 0 Å². The number of hydrogen-bond donors (Lipinski definition) is 3. The Hall–Kier alpha value is -1.92. The Bertz CT molecular complexity index is 522. The van der Waals surface area contributed by atoms with E-state index >= 15 is 0 Å². The molecule has 2 amide bonds. The second kappa shape index (κ2) is 7.38. The molecule has 1 aliphatic rings. The molecule has 0 atom stereocenters. The predicted molar refractivity (Wildman–Crippen MR) is 84.7 cm³/mol. The van der Waals surface area contributed by atoms with E-state index < -0.39 is 5.54 Å². The topological polar surface area (TPSA) is 93.5 Å². The number of amides is 2. The van der Waals surface area contributed by atoms with Crippen LogP contribution in [0.25, 0.3) is 0 Å². The monoisotopic (exact) mass is 305 g/mol. The first-order valence-corrected chi connectivity index (χ1v) is 7.61. The standard InChI is InChI=1S/C16H23N3O3/c1-2-9-18-14(20)12-3-5-13(6-4-12)19-15(21)16(17)7-10-22-11-8-16/h3-6H,2,7-11,17H2,1H3,(H,18,20)(H,19,21). The Labute approximate surface area is 130 Å². The zero-order valence-electron chi connectivity index (χ0n) is 12.9. The van der Waals surface area contributed by atoms with Crippen LogP contribution in [-0.2, 0) is 9.53 Å². The van der Waals surface area contributed by atoms with Gasteiger partial charge in [0.15, 0.2) is 0 Å². The van der Waals surface area contributed by atoms with Gasteiger partial charge >= 0.3 is 0 Å². The van der Waals surface area contributed by atoms with E-state index in [9.17, 15) is 9.59 Å². The summed E-state index contributed by atoms with van der Waals surface area (Å²) < 4.78 is 5.24. The quantitative estimate of drug-likeness (QED) is 0.764. The summed E-state index contributed by atoms with van der Waals surface area (Å²) in [4.78, 5) is 24.1. The van der Waals surface area contributed by atoms with Gasteiger partial charge in [-0.2, -0.15) is 0 Å². The Morgan fingerprint density at radius 2 is 1.86 bits per heavy atom. The van der Waals surface area contributed by atoms with Crippen LogP contribution in [0.15, 0.2) is 24.3 Å². The van der Waals surface area contributed by atoms with E-state index in [1.807, 2.05) is 6.92 Å². The van der Waals surface area contributed by atoms with Crippen molar-refractivity contribution in [1.29, 1.82) is 0 Å². The van der Waals surface area contributed by atoms with Crippen LogP contribution in [0.5, 0.6) is 0 Å². The molecule has 0 aromatic heterocycles. The first-order chi connectivity index (χ1) is 10.5. The van der Waals surface area contributed by atoms with E-state index in [4.69, 9.17) is 10.5 Å². The third-order valence-electron chi connectivity index (χ3n) is 3.78. The van der Waals surface area contributed by atoms with Gasteiger partial charge in [-0.3, -0.25) is 9.59 Å². The molecular weight excluding hydrogens is 282 g/mol. The zero-order chi connectivity index (χ0) is 16.0. The fraction of sp³-hybridized carbons (Fsp3) is 0.500. The van der Waals surface area contributed by atoms with Gasteiger partial charge in [0, 0.05) is 31.0 Å². The molecule has 1 heterocycles. The molecular formula is C16H23N3O3. The zero-order valence-corrected chi connectivity index (χ0v) is 12.9. The second-order valence-electron chi connectivity index (χ2n) is 5.56. The highest BCUT2D eigenvalue weighted by Gasteiger charge is 2.35. The summed E-state index contributed by atoms with van der Waals surface area (Å²) in [7, 11) is 0. The lowest BCUT2D eigenvalue weighted by molar-refractivity contribution is -0.124. The molecule has 6 heteroatoms. The van der Waals surface area contributed by atoms with E-state index in [-0.39, 0.29) is 11.8 Å². The van der Waals surface area contributed by atoms with Crippen molar-refractivity contribution >= 4 is 17.5 Å². The molecule has 2 rings (SSSR count). The van der Waals surface area contributed by atoms with Crippen molar-refractivity contribution in [2.45, 2.75) is 31.7 Å². The summed E-state index contributed by atoms with van der Waals surface area (Å²) in [5, 5.41) is 5.62. The first-order valence-electron chi connectivity index (χ1n) is 7.61. The number of ether oxygens (including phenoxy) is 1. The van der Waals surface area contributed by atoms with E-state index in [2.05, 4.69) is 10.6 Å². The van der Waals surface area contributed by atoms with Gasteiger partial charge in [0.1, 0.15) is 5.54 Å². The number of nitrogens with one attached hydrogen (secondary N) is 2. The maximum Gasteiger partial charge on any atom is 0.251 e. The van der Waals surface area contributed by atoms with E-state index in [0.717, 1.165) is 6.42 Å². The first kappa shape index (κ1) is 16.5. The Kier molecular flexibility index (Phi) is 5.51. The van der Waals surface area contributed by atoms with Crippen molar-refractivity contribution in [1.82, 2.24) is 5.32 Å². The van der Waals surface area contributed by atoms with Gasteiger partial charge in [-0.1, -0.05) is 6.92 Å². The molecule has 1 aromatic carbocycles. The summed E-state index contributed by atoms with van der Waals surface area (Å²) in [6, 6.07) is 6.80. The summed E-state index contributed by atoms with van der Waals surface area (Å²) >= 11 is 0. The maximum atomic E-state index is 12.3. The third-order valence-corrected chi connectivity index (χ3v) is 3.78. The molecule has 4 N–H and O–H groups in total. The largest absolute Gasteiger partial charge is 0.381 e. The van der Waals surface area contributed by atoms with Crippen LogP contribution < -0.4 is 16.4 Å². The lowest BCUT2D eigenvalue weighted by Crippen LogP contribution is -2.54. The molecule has 0 radical (unpaired) electrons. The molecule has 6 nitrogen and oxygen atoms in total. The summed E-state index contributed by atoms with van der Waals surface area (Å²) in [6.45, 7) is 3.65. The van der Waals surface area contributed by atoms with E-state index in [1.54, 1.807) is 24.3 Å². The van der Waals surface area contributed by atoms with Crippen molar-refractivity contribution in [3.05, 3.63) is 29.8 Å². The minimum Gasteiger partial charge on any atom is -0.381 e. The molecule has 22 heavy (non-hydrogen) atoms. The molecule has 1 saturated heterocycles. The number of rotatable bonds is 5. The van der Waals surface area contributed by atoms with Gasteiger partial charge < -0.3 is 21.1 Å². The van der Waals surface area contributed by atoms with Crippen LogP contribution in [-0.4, -0.2) is 37.1 Å². The highest BCUT2D eigenvalue weighted by atomic mass is 16.5. The minimum absolute atomic E-state index is 0.112. The molecule has 0 unspecified atom stereocenters. The number of carbonyl (C=O) groups excluding carboxylic acids is 2. The van der Waals surface area contributed by atoms with Crippen LogP contribution in [0.4, 0.5) is 5.69 Å². The average molecular weight is 305 g/mol. The number of benzene rings is 1. The SMILES string of the molecule is CCCNC(=O)c1ccc(NC(=O)C2(N)CCOCC2)cc1. The second-order valence-corrected chi connectivity index (χ2v) is 5.56. The predicted octanol–water partition coefficient (Wildman–Crippen LogP) is 1.27. The molecule has 1 fully saturated rings. The van der Waals surface area contributed by atoms with E-state index in [0.29, 0.717) is 43.9 Å². The molecule has 1 aromatic rings. The van der Waals surface area contributed by atoms with Crippen LogP contribution in [0, 0.1) is 0 Å². The normalized spacial score (nSPS) is 16.8. The fourth-order valence-corrected chi connectivity index (χ4v) is 2.26. The molecule has 120 valence electrons. The fourth-order valence-electron chi connectivity index (χ4n) is 2.26. The van der Waals surface area contributed by atoms with Gasteiger partial charge in [-0.05, 0) is 43.5 Å². The summed E-state index contributed by atoms with van der Waals surface area (Å²) in [5.41, 5.74) is 6.45. The Balaban J connectivity index is 1.96. The van der Waals surface area contributed by atoms with Crippen LogP contribution >= 0.6 is 0 Å². The van der Waals surface area contributed by atoms with Crippen LogP contribution in [0.3, 0.4) is 0 Å². The number of nitrogens with two attached hydrogens (primary N) is 1. The van der Waals surface area contributed by atoms with Crippen molar-refractivity contribution < 1.29 is 14.3 Å². The highest BCUT2D eigenvalue weighted by molar-refractivity contribution is 5.99. The van der Waals surface area contributed by atoms with Gasteiger partial charge in [0.2, 0.25) is 5.91 Å². The van der Waals surface area contributed by atoms with Gasteiger partial charge in [-0.15, -0.1) is 0 Å². The van der Waals surface area contributed by atoms with Crippen molar-refractivity contribution in [2.75, 3.05) is 25.1 Å². The van der Waals surface area contributed by atoms with Crippen LogP contribution in [0.2, 0.25) is 0 Å². The van der Waals surface area contributed by atoms with Gasteiger partial charge in [-0.25, -0.2) is 0 Å².